The molecule has 1 aromatic carbocycles. The summed E-state index contributed by atoms with van der Waals surface area (Å²) in [5.74, 6) is 0.569. The Morgan fingerprint density at radius 3 is 2.15 bits per heavy atom. The number of rotatable bonds is 2. The van der Waals surface area contributed by atoms with Crippen LogP contribution in [0.5, 0.6) is 0 Å². The van der Waals surface area contributed by atoms with Crippen molar-refractivity contribution < 1.29 is 4.79 Å². The number of alkyl halides is 1. The van der Waals surface area contributed by atoms with Crippen LogP contribution in [0.3, 0.4) is 0 Å². The Bertz CT molecular complexity index is 231. The van der Waals surface area contributed by atoms with E-state index in [1.54, 1.807) is 0 Å². The van der Waals surface area contributed by atoms with Gasteiger partial charge in [-0.2, -0.15) is 0 Å². The zero-order chi connectivity index (χ0) is 10.1. The minimum absolute atomic E-state index is 0.569. The number of carbonyl (C=O) groups excluding carboxylic acids is 1. The molecule has 0 unspecified atom stereocenters. The average Bonchev–Trinajstić information content (AvgIpc) is 2.19. The normalized spacial score (nSPS) is 8.54. The molecule has 0 saturated carbocycles. The van der Waals surface area contributed by atoms with E-state index in [1.807, 2.05) is 31.2 Å². The number of aldehydes is 1. The Morgan fingerprint density at radius 1 is 1.38 bits per heavy atom. The van der Waals surface area contributed by atoms with Gasteiger partial charge in [0.05, 0.1) is 0 Å². The first-order chi connectivity index (χ1) is 6.24. The SMILES string of the molecule is Cc1ccc(C=O)cc1.NCCCl. The van der Waals surface area contributed by atoms with Crippen LogP contribution in [0.1, 0.15) is 15.9 Å². The highest BCUT2D eigenvalue weighted by Gasteiger charge is 1.85. The van der Waals surface area contributed by atoms with Crippen molar-refractivity contribution in [3.63, 3.8) is 0 Å². The number of carbonyl (C=O) groups is 1. The van der Waals surface area contributed by atoms with Gasteiger partial charge >= 0.3 is 0 Å². The summed E-state index contributed by atoms with van der Waals surface area (Å²) in [5.41, 5.74) is 6.81. The van der Waals surface area contributed by atoms with Gasteiger partial charge in [-0.15, -0.1) is 11.6 Å². The van der Waals surface area contributed by atoms with E-state index in [0.717, 1.165) is 11.8 Å². The lowest BCUT2D eigenvalue weighted by molar-refractivity contribution is 0.112. The summed E-state index contributed by atoms with van der Waals surface area (Å²) in [4.78, 5) is 10.1. The molecule has 1 rings (SSSR count). The van der Waals surface area contributed by atoms with Crippen LogP contribution in [0.4, 0.5) is 0 Å². The predicted molar refractivity (Wildman–Crippen MR) is 56.3 cm³/mol. The summed E-state index contributed by atoms with van der Waals surface area (Å²) >= 11 is 5.06. The van der Waals surface area contributed by atoms with Crippen molar-refractivity contribution in [1.82, 2.24) is 0 Å². The van der Waals surface area contributed by atoms with Gasteiger partial charge in [-0.05, 0) is 6.92 Å². The third-order valence-corrected chi connectivity index (χ3v) is 1.54. The fourth-order valence-corrected chi connectivity index (χ4v) is 0.645. The van der Waals surface area contributed by atoms with Crippen LogP contribution >= 0.6 is 11.6 Å². The van der Waals surface area contributed by atoms with E-state index in [0.29, 0.717) is 12.4 Å². The van der Waals surface area contributed by atoms with Crippen molar-refractivity contribution in [2.75, 3.05) is 12.4 Å². The van der Waals surface area contributed by atoms with Crippen molar-refractivity contribution in [3.8, 4) is 0 Å². The molecule has 72 valence electrons. The zero-order valence-electron chi connectivity index (χ0n) is 7.66. The Balaban J connectivity index is 0.000000310. The molecule has 0 amide bonds. The Morgan fingerprint density at radius 2 is 1.85 bits per heavy atom. The molecular weight excluding hydrogens is 186 g/mol. The lowest BCUT2D eigenvalue weighted by atomic mass is 10.2. The fourth-order valence-electron chi connectivity index (χ4n) is 0.645. The minimum atomic E-state index is 0.569. The maximum atomic E-state index is 10.1. The van der Waals surface area contributed by atoms with Crippen molar-refractivity contribution in [1.29, 1.82) is 0 Å². The predicted octanol–water partition coefficient (Wildman–Crippen LogP) is 1.99. The first-order valence-corrected chi connectivity index (χ1v) is 4.56. The number of hydrogen-bond donors (Lipinski definition) is 1. The van der Waals surface area contributed by atoms with Crippen molar-refractivity contribution in [2.24, 2.45) is 5.73 Å². The summed E-state index contributed by atoms with van der Waals surface area (Å²) < 4.78 is 0. The highest BCUT2D eigenvalue weighted by atomic mass is 35.5. The van der Waals surface area contributed by atoms with Gasteiger partial charge in [0.2, 0.25) is 0 Å². The lowest BCUT2D eigenvalue weighted by Crippen LogP contribution is -1.97. The van der Waals surface area contributed by atoms with Gasteiger partial charge in [0, 0.05) is 18.0 Å². The van der Waals surface area contributed by atoms with Gasteiger partial charge in [-0.3, -0.25) is 4.79 Å². The van der Waals surface area contributed by atoms with Gasteiger partial charge in [-0.1, -0.05) is 29.8 Å². The highest BCUT2D eigenvalue weighted by molar-refractivity contribution is 6.18. The molecule has 0 aliphatic heterocycles. The fraction of sp³-hybridized carbons (Fsp3) is 0.300. The second kappa shape index (κ2) is 7.77. The summed E-state index contributed by atoms with van der Waals surface area (Å²) in [6.07, 6.45) is 0.847. The molecule has 0 fully saturated rings. The molecular formula is C10H14ClNO. The van der Waals surface area contributed by atoms with E-state index in [2.05, 4.69) is 0 Å². The Kier molecular flexibility index (Phi) is 7.26. The first kappa shape index (κ1) is 12.1. The van der Waals surface area contributed by atoms with Crippen LogP contribution in [-0.4, -0.2) is 18.7 Å². The summed E-state index contributed by atoms with van der Waals surface area (Å²) in [7, 11) is 0. The molecule has 0 saturated heterocycles. The topological polar surface area (TPSA) is 43.1 Å². The summed E-state index contributed by atoms with van der Waals surface area (Å²) in [6.45, 7) is 2.58. The van der Waals surface area contributed by atoms with Gasteiger partial charge in [0.25, 0.3) is 0 Å². The molecule has 0 aromatic heterocycles. The molecule has 0 aliphatic rings. The smallest absolute Gasteiger partial charge is 0.150 e. The number of nitrogens with two attached hydrogens (primary N) is 1. The zero-order valence-corrected chi connectivity index (χ0v) is 8.42. The quantitative estimate of drug-likeness (QED) is 0.585. The van der Waals surface area contributed by atoms with E-state index in [-0.39, 0.29) is 0 Å². The number of benzene rings is 1. The number of halogens is 1. The maximum absolute atomic E-state index is 10.1. The highest BCUT2D eigenvalue weighted by Crippen LogP contribution is 1.98. The van der Waals surface area contributed by atoms with Crippen LogP contribution in [0.15, 0.2) is 24.3 Å². The molecule has 0 atom stereocenters. The van der Waals surface area contributed by atoms with Crippen molar-refractivity contribution in [2.45, 2.75) is 6.92 Å². The molecule has 1 aromatic rings. The average molecular weight is 200 g/mol. The van der Waals surface area contributed by atoms with Crippen LogP contribution in [0.2, 0.25) is 0 Å². The van der Waals surface area contributed by atoms with Crippen LogP contribution in [0, 0.1) is 6.92 Å². The molecule has 13 heavy (non-hydrogen) atoms. The van der Waals surface area contributed by atoms with E-state index >= 15 is 0 Å². The maximum Gasteiger partial charge on any atom is 0.150 e. The monoisotopic (exact) mass is 199 g/mol. The molecule has 0 heterocycles. The Hall–Kier alpha value is -0.860. The van der Waals surface area contributed by atoms with E-state index < -0.39 is 0 Å². The molecule has 2 N–H and O–H groups in total. The molecule has 0 aliphatic carbocycles. The summed E-state index contributed by atoms with van der Waals surface area (Å²) in [6, 6.07) is 7.46. The third kappa shape index (κ3) is 6.31. The second-order valence-corrected chi connectivity index (χ2v) is 2.88. The number of hydrogen-bond acceptors (Lipinski definition) is 2. The molecule has 0 spiro atoms. The van der Waals surface area contributed by atoms with E-state index in [9.17, 15) is 4.79 Å². The Labute approximate surface area is 83.7 Å². The first-order valence-electron chi connectivity index (χ1n) is 4.02. The molecule has 0 bridgehead atoms. The molecule has 0 radical (unpaired) electrons. The largest absolute Gasteiger partial charge is 0.329 e. The lowest BCUT2D eigenvalue weighted by Gasteiger charge is -1.89. The van der Waals surface area contributed by atoms with Gasteiger partial charge in [-0.25, -0.2) is 0 Å². The summed E-state index contributed by atoms with van der Waals surface area (Å²) in [5, 5.41) is 0. The third-order valence-electron chi connectivity index (χ3n) is 1.32. The van der Waals surface area contributed by atoms with E-state index in [4.69, 9.17) is 17.3 Å². The van der Waals surface area contributed by atoms with Crippen molar-refractivity contribution in [3.05, 3.63) is 35.4 Å². The molecule has 3 heteroatoms. The van der Waals surface area contributed by atoms with E-state index in [1.165, 1.54) is 5.56 Å². The molecule has 2 nitrogen and oxygen atoms in total. The number of aryl methyl sites for hydroxylation is 1. The standard InChI is InChI=1S/C8H8O.C2H6ClN/c1-7-2-4-8(6-9)5-3-7;3-1-2-4/h2-6H,1H3;1-2,4H2. The minimum Gasteiger partial charge on any atom is -0.329 e. The van der Waals surface area contributed by atoms with Crippen LogP contribution < -0.4 is 5.73 Å². The van der Waals surface area contributed by atoms with Gasteiger partial charge in [0.1, 0.15) is 6.29 Å². The van der Waals surface area contributed by atoms with Crippen LogP contribution in [-0.2, 0) is 0 Å². The van der Waals surface area contributed by atoms with Crippen molar-refractivity contribution >= 4 is 17.9 Å². The van der Waals surface area contributed by atoms with Crippen LogP contribution in [0.25, 0.3) is 0 Å². The van der Waals surface area contributed by atoms with Gasteiger partial charge in [0.15, 0.2) is 0 Å². The second-order valence-electron chi connectivity index (χ2n) is 2.51. The van der Waals surface area contributed by atoms with Gasteiger partial charge < -0.3 is 5.73 Å².